The number of benzene rings is 3. The van der Waals surface area contributed by atoms with Gasteiger partial charge in [-0.2, -0.15) is 0 Å². The number of carbonyl (C=O) groups is 2. The number of para-hydroxylation sites is 1. The molecule has 3 N–H and O–H groups in total. The fourth-order valence-corrected chi connectivity index (χ4v) is 2.72. The van der Waals surface area contributed by atoms with Crippen molar-refractivity contribution in [3.8, 4) is 0 Å². The van der Waals surface area contributed by atoms with E-state index < -0.39 is 12.1 Å². The van der Waals surface area contributed by atoms with E-state index in [1.165, 1.54) is 0 Å². The van der Waals surface area contributed by atoms with Crippen molar-refractivity contribution in [3.63, 3.8) is 0 Å². The van der Waals surface area contributed by atoms with E-state index >= 15 is 0 Å². The van der Waals surface area contributed by atoms with E-state index in [1.54, 1.807) is 12.1 Å². The fourth-order valence-electron chi connectivity index (χ4n) is 2.72. The molecule has 0 unspecified atom stereocenters. The summed E-state index contributed by atoms with van der Waals surface area (Å²) in [5.41, 5.74) is 7.79. The van der Waals surface area contributed by atoms with Crippen LogP contribution in [-0.4, -0.2) is 18.0 Å². The molecule has 0 saturated carbocycles. The van der Waals surface area contributed by atoms with Gasteiger partial charge < -0.3 is 10.1 Å². The highest BCUT2D eigenvalue weighted by atomic mass is 16.6. The summed E-state index contributed by atoms with van der Waals surface area (Å²) in [5.74, 6) is -0.261. The van der Waals surface area contributed by atoms with Crippen LogP contribution in [0.25, 0.3) is 0 Å². The third-order valence-electron chi connectivity index (χ3n) is 4.20. The smallest absolute Gasteiger partial charge is 0.421 e. The van der Waals surface area contributed by atoms with Crippen LogP contribution in [0.15, 0.2) is 91.0 Å². The highest BCUT2D eigenvalue weighted by Gasteiger charge is 2.20. The van der Waals surface area contributed by atoms with Gasteiger partial charge in [-0.3, -0.25) is 10.2 Å². The van der Waals surface area contributed by atoms with E-state index in [4.69, 9.17) is 4.74 Å². The number of ether oxygens (including phenoxy) is 1. The molecule has 3 rings (SSSR count). The number of amides is 2. The molecule has 1 atom stereocenters. The monoisotopic (exact) mass is 389 g/mol. The van der Waals surface area contributed by atoms with Crippen LogP contribution in [0.5, 0.6) is 0 Å². The Morgan fingerprint density at radius 2 is 1.31 bits per heavy atom. The lowest BCUT2D eigenvalue weighted by molar-refractivity contribution is -0.118. The first kappa shape index (κ1) is 20.1. The van der Waals surface area contributed by atoms with Gasteiger partial charge in [0.15, 0.2) is 0 Å². The lowest BCUT2D eigenvalue weighted by Gasteiger charge is -2.19. The van der Waals surface area contributed by atoms with Gasteiger partial charge in [-0.05, 0) is 29.7 Å². The molecule has 0 radical (unpaired) electrons. The van der Waals surface area contributed by atoms with Crippen molar-refractivity contribution in [2.45, 2.75) is 19.1 Å². The van der Waals surface area contributed by atoms with Crippen molar-refractivity contribution >= 4 is 17.7 Å². The van der Waals surface area contributed by atoms with Gasteiger partial charge in [-0.1, -0.05) is 78.9 Å². The average molecular weight is 389 g/mol. The molecule has 6 nitrogen and oxygen atoms in total. The molecule has 2 amide bonds. The summed E-state index contributed by atoms with van der Waals surface area (Å²) in [4.78, 5) is 24.8. The van der Waals surface area contributed by atoms with Crippen LogP contribution in [0.1, 0.15) is 11.1 Å². The maximum absolute atomic E-state index is 12.7. The predicted octanol–water partition coefficient (Wildman–Crippen LogP) is 3.67. The van der Waals surface area contributed by atoms with Crippen LogP contribution in [0.2, 0.25) is 0 Å². The summed E-state index contributed by atoms with van der Waals surface area (Å²) in [6.07, 6.45) is -0.252. The first-order chi connectivity index (χ1) is 14.2. The van der Waals surface area contributed by atoms with Gasteiger partial charge in [0, 0.05) is 5.69 Å². The SMILES string of the molecule is O=C(NN[C@@H](Cc1ccccc1)C(=O)Nc1ccccc1)OCc1ccccc1. The molecule has 0 aromatic heterocycles. The molecular formula is C23H23N3O3. The minimum Gasteiger partial charge on any atom is -0.444 e. The summed E-state index contributed by atoms with van der Waals surface area (Å²) >= 11 is 0. The summed E-state index contributed by atoms with van der Waals surface area (Å²) in [6, 6.07) is 27.4. The number of carbonyl (C=O) groups excluding carboxylic acids is 2. The maximum Gasteiger partial charge on any atom is 0.421 e. The van der Waals surface area contributed by atoms with E-state index in [9.17, 15) is 9.59 Å². The van der Waals surface area contributed by atoms with Crippen LogP contribution in [0.3, 0.4) is 0 Å². The Morgan fingerprint density at radius 3 is 1.93 bits per heavy atom. The fraction of sp³-hybridized carbons (Fsp3) is 0.130. The van der Waals surface area contributed by atoms with Gasteiger partial charge in [0.1, 0.15) is 12.6 Å². The van der Waals surface area contributed by atoms with Crippen LogP contribution < -0.4 is 16.2 Å². The summed E-state index contributed by atoms with van der Waals surface area (Å²) in [6.45, 7) is 0.147. The van der Waals surface area contributed by atoms with Gasteiger partial charge in [0.05, 0.1) is 0 Å². The minimum atomic E-state index is -0.679. The molecule has 0 bridgehead atoms. The standard InChI is InChI=1S/C23H23N3O3/c27-22(24-20-14-8-3-9-15-20)21(16-18-10-4-1-5-11-18)25-26-23(28)29-17-19-12-6-2-7-13-19/h1-15,21,25H,16-17H2,(H,24,27)(H,26,28)/t21-/m0/s1. The van der Waals surface area contributed by atoms with Crippen molar-refractivity contribution in [2.75, 3.05) is 5.32 Å². The quantitative estimate of drug-likeness (QED) is 0.514. The van der Waals surface area contributed by atoms with E-state index in [-0.39, 0.29) is 12.5 Å². The molecular weight excluding hydrogens is 366 g/mol. The molecule has 6 heteroatoms. The number of hydrogen-bond donors (Lipinski definition) is 3. The van der Waals surface area contributed by atoms with Crippen molar-refractivity contribution < 1.29 is 14.3 Å². The Labute approximate surface area is 169 Å². The van der Waals surface area contributed by atoms with Gasteiger partial charge in [0.25, 0.3) is 0 Å². The average Bonchev–Trinajstić information content (AvgIpc) is 2.77. The summed E-state index contributed by atoms with van der Waals surface area (Å²) in [5, 5.41) is 2.85. The zero-order chi connectivity index (χ0) is 20.3. The zero-order valence-corrected chi connectivity index (χ0v) is 15.9. The topological polar surface area (TPSA) is 79.5 Å². The van der Waals surface area contributed by atoms with Gasteiger partial charge in [-0.25, -0.2) is 10.2 Å². The molecule has 3 aromatic carbocycles. The Kier molecular flexibility index (Phi) is 7.37. The summed E-state index contributed by atoms with van der Waals surface area (Å²) < 4.78 is 5.18. The van der Waals surface area contributed by atoms with Gasteiger partial charge in [0.2, 0.25) is 5.91 Å². The zero-order valence-electron chi connectivity index (χ0n) is 15.9. The van der Waals surface area contributed by atoms with Crippen molar-refractivity contribution in [3.05, 3.63) is 102 Å². The highest BCUT2D eigenvalue weighted by Crippen LogP contribution is 2.09. The van der Waals surface area contributed by atoms with Gasteiger partial charge in [-0.15, -0.1) is 0 Å². The molecule has 0 fully saturated rings. The maximum atomic E-state index is 12.7. The van der Waals surface area contributed by atoms with Crippen molar-refractivity contribution in [1.82, 2.24) is 10.9 Å². The molecule has 0 spiro atoms. The Morgan fingerprint density at radius 1 is 0.759 bits per heavy atom. The number of hydrazine groups is 1. The Balaban J connectivity index is 1.58. The summed E-state index contributed by atoms with van der Waals surface area (Å²) in [7, 11) is 0. The van der Waals surface area contributed by atoms with Crippen molar-refractivity contribution in [1.29, 1.82) is 0 Å². The molecule has 29 heavy (non-hydrogen) atoms. The highest BCUT2D eigenvalue weighted by molar-refractivity contribution is 5.95. The Bertz CT molecular complexity index is 902. The number of rotatable bonds is 8. The first-order valence-electron chi connectivity index (χ1n) is 9.33. The number of hydrogen-bond acceptors (Lipinski definition) is 4. The largest absolute Gasteiger partial charge is 0.444 e. The third kappa shape index (κ3) is 6.79. The van der Waals surface area contributed by atoms with Crippen LogP contribution >= 0.6 is 0 Å². The molecule has 0 aliphatic rings. The van der Waals surface area contributed by atoms with Crippen LogP contribution in [0, 0.1) is 0 Å². The second kappa shape index (κ2) is 10.6. The predicted molar refractivity (Wildman–Crippen MR) is 112 cm³/mol. The van der Waals surface area contributed by atoms with E-state index in [0.29, 0.717) is 12.1 Å². The van der Waals surface area contributed by atoms with E-state index in [1.807, 2.05) is 78.9 Å². The van der Waals surface area contributed by atoms with Crippen molar-refractivity contribution in [2.24, 2.45) is 0 Å². The number of nitrogens with one attached hydrogen (secondary N) is 3. The minimum absolute atomic E-state index is 0.147. The second-order valence-corrected chi connectivity index (χ2v) is 6.43. The molecule has 0 aliphatic heterocycles. The van der Waals surface area contributed by atoms with E-state index in [0.717, 1.165) is 11.1 Å². The first-order valence-corrected chi connectivity index (χ1v) is 9.33. The lowest BCUT2D eigenvalue weighted by Crippen LogP contribution is -2.51. The molecule has 0 heterocycles. The number of anilines is 1. The molecule has 0 aliphatic carbocycles. The molecule has 148 valence electrons. The van der Waals surface area contributed by atoms with Crippen LogP contribution in [-0.2, 0) is 22.6 Å². The molecule has 3 aromatic rings. The third-order valence-corrected chi connectivity index (χ3v) is 4.20. The lowest BCUT2D eigenvalue weighted by atomic mass is 10.1. The second-order valence-electron chi connectivity index (χ2n) is 6.43. The Hall–Kier alpha value is -3.64. The van der Waals surface area contributed by atoms with Crippen LogP contribution in [0.4, 0.5) is 10.5 Å². The van der Waals surface area contributed by atoms with E-state index in [2.05, 4.69) is 16.2 Å². The molecule has 0 saturated heterocycles. The normalized spacial score (nSPS) is 11.3. The van der Waals surface area contributed by atoms with Gasteiger partial charge >= 0.3 is 6.09 Å².